The molecule has 2 rings (SSSR count). The van der Waals surface area contributed by atoms with Gasteiger partial charge in [-0.15, -0.1) is 0 Å². The van der Waals surface area contributed by atoms with Crippen LogP contribution in [-0.2, 0) is 6.54 Å². The van der Waals surface area contributed by atoms with Crippen molar-refractivity contribution in [1.29, 1.82) is 0 Å². The number of anilines is 1. The van der Waals surface area contributed by atoms with E-state index < -0.39 is 0 Å². The summed E-state index contributed by atoms with van der Waals surface area (Å²) >= 11 is 3.26. The zero-order valence-electron chi connectivity index (χ0n) is 8.74. The largest absolute Gasteiger partial charge is 0.480 e. The second kappa shape index (κ2) is 5.03. The molecule has 2 aromatic rings. The summed E-state index contributed by atoms with van der Waals surface area (Å²) in [6, 6.07) is 7.52. The van der Waals surface area contributed by atoms with E-state index in [0.29, 0.717) is 12.4 Å². The van der Waals surface area contributed by atoms with Crippen LogP contribution in [-0.4, -0.2) is 12.1 Å². The van der Waals surface area contributed by atoms with Crippen molar-refractivity contribution in [3.8, 4) is 5.88 Å². The minimum atomic E-state index is 0.577. The second-order valence-electron chi connectivity index (χ2n) is 3.12. The molecule has 4 nitrogen and oxygen atoms in total. The van der Waals surface area contributed by atoms with Crippen LogP contribution in [0.1, 0.15) is 5.76 Å². The van der Waals surface area contributed by atoms with Crippen LogP contribution >= 0.6 is 15.9 Å². The number of hydrogen-bond donors (Lipinski definition) is 1. The lowest BCUT2D eigenvalue weighted by molar-refractivity contribution is 0.399. The summed E-state index contributed by atoms with van der Waals surface area (Å²) in [4.78, 5) is 4.09. The van der Waals surface area contributed by atoms with Crippen LogP contribution < -0.4 is 10.1 Å². The predicted octanol–water partition coefficient (Wildman–Crippen LogP) is 3.06. The second-order valence-corrected chi connectivity index (χ2v) is 3.90. The Morgan fingerprint density at radius 3 is 3.00 bits per heavy atom. The van der Waals surface area contributed by atoms with Gasteiger partial charge in [0, 0.05) is 6.20 Å². The molecule has 0 aliphatic heterocycles. The zero-order chi connectivity index (χ0) is 11.4. The third kappa shape index (κ3) is 2.55. The Balaban J connectivity index is 2.04. The van der Waals surface area contributed by atoms with Gasteiger partial charge in [0.05, 0.1) is 19.3 Å². The average Bonchev–Trinajstić information content (AvgIpc) is 2.73. The molecule has 0 radical (unpaired) electrons. The van der Waals surface area contributed by atoms with Crippen LogP contribution in [0.2, 0.25) is 0 Å². The average molecular weight is 283 g/mol. The molecule has 0 saturated carbocycles. The first-order chi connectivity index (χ1) is 7.79. The van der Waals surface area contributed by atoms with Gasteiger partial charge in [-0.3, -0.25) is 0 Å². The first kappa shape index (κ1) is 11.0. The molecule has 0 aliphatic carbocycles. The van der Waals surface area contributed by atoms with Gasteiger partial charge >= 0.3 is 0 Å². The number of pyridine rings is 1. The Bertz CT molecular complexity index is 471. The van der Waals surface area contributed by atoms with Crippen molar-refractivity contribution in [3.05, 3.63) is 40.9 Å². The molecule has 0 aliphatic rings. The number of furan rings is 1. The molecule has 1 N–H and O–H groups in total. The lowest BCUT2D eigenvalue weighted by Gasteiger charge is -2.07. The SMILES string of the molecule is COc1ncccc1NCc1ccc(Br)o1. The molecular weight excluding hydrogens is 272 g/mol. The number of rotatable bonds is 4. The van der Waals surface area contributed by atoms with Gasteiger partial charge in [0.15, 0.2) is 4.67 Å². The van der Waals surface area contributed by atoms with E-state index >= 15 is 0 Å². The number of methoxy groups -OCH3 is 1. The Kier molecular flexibility index (Phi) is 3.46. The van der Waals surface area contributed by atoms with Crippen LogP contribution in [0.3, 0.4) is 0 Å². The van der Waals surface area contributed by atoms with Gasteiger partial charge in [-0.25, -0.2) is 4.98 Å². The maximum atomic E-state index is 5.37. The van der Waals surface area contributed by atoms with Gasteiger partial charge in [0.2, 0.25) is 5.88 Å². The Morgan fingerprint density at radius 2 is 2.31 bits per heavy atom. The summed E-state index contributed by atoms with van der Waals surface area (Å²) in [6.07, 6.45) is 1.69. The fraction of sp³-hybridized carbons (Fsp3) is 0.182. The minimum absolute atomic E-state index is 0.577. The van der Waals surface area contributed by atoms with Crippen LogP contribution in [0.5, 0.6) is 5.88 Å². The predicted molar refractivity (Wildman–Crippen MR) is 64.5 cm³/mol. The summed E-state index contributed by atoms with van der Waals surface area (Å²) in [5.74, 6) is 1.42. The first-order valence-corrected chi connectivity index (χ1v) is 5.56. The van der Waals surface area contributed by atoms with E-state index in [0.717, 1.165) is 16.1 Å². The third-order valence-electron chi connectivity index (χ3n) is 2.05. The number of ether oxygens (including phenoxy) is 1. The molecule has 2 heterocycles. The van der Waals surface area contributed by atoms with Gasteiger partial charge in [0.25, 0.3) is 0 Å². The Labute approximate surface area is 102 Å². The first-order valence-electron chi connectivity index (χ1n) is 4.76. The molecule has 16 heavy (non-hydrogen) atoms. The molecule has 0 atom stereocenters. The zero-order valence-corrected chi connectivity index (χ0v) is 10.3. The molecule has 0 fully saturated rings. The summed E-state index contributed by atoms with van der Waals surface area (Å²) in [7, 11) is 1.59. The maximum Gasteiger partial charge on any atom is 0.237 e. The van der Waals surface area contributed by atoms with Crippen molar-refractivity contribution in [3.63, 3.8) is 0 Å². The van der Waals surface area contributed by atoms with Gasteiger partial charge in [-0.05, 0) is 40.2 Å². The van der Waals surface area contributed by atoms with Crippen LogP contribution in [0.25, 0.3) is 0 Å². The van der Waals surface area contributed by atoms with E-state index in [-0.39, 0.29) is 0 Å². The molecule has 84 valence electrons. The van der Waals surface area contributed by atoms with E-state index in [2.05, 4.69) is 26.2 Å². The van der Waals surface area contributed by atoms with Crippen molar-refractivity contribution in [2.24, 2.45) is 0 Å². The topological polar surface area (TPSA) is 47.3 Å². The van der Waals surface area contributed by atoms with E-state index in [9.17, 15) is 0 Å². The van der Waals surface area contributed by atoms with Crippen LogP contribution in [0.4, 0.5) is 5.69 Å². The highest BCUT2D eigenvalue weighted by atomic mass is 79.9. The van der Waals surface area contributed by atoms with Crippen molar-refractivity contribution in [2.45, 2.75) is 6.54 Å². The van der Waals surface area contributed by atoms with Crippen molar-refractivity contribution < 1.29 is 9.15 Å². The summed E-state index contributed by atoms with van der Waals surface area (Å²) < 4.78 is 11.2. The highest BCUT2D eigenvalue weighted by molar-refractivity contribution is 9.10. The molecule has 0 saturated heterocycles. The standard InChI is InChI=1S/C11H11BrN2O2/c1-15-11-9(3-2-6-13-11)14-7-8-4-5-10(12)16-8/h2-6,14H,7H2,1H3. The quantitative estimate of drug-likeness (QED) is 0.936. The highest BCUT2D eigenvalue weighted by Gasteiger charge is 2.04. The lowest BCUT2D eigenvalue weighted by Crippen LogP contribution is -2.01. The van der Waals surface area contributed by atoms with Gasteiger partial charge in [0.1, 0.15) is 5.76 Å². The summed E-state index contributed by atoms with van der Waals surface area (Å²) in [5, 5.41) is 3.19. The monoisotopic (exact) mass is 282 g/mol. The smallest absolute Gasteiger partial charge is 0.237 e. The van der Waals surface area contributed by atoms with Crippen molar-refractivity contribution >= 4 is 21.6 Å². The molecule has 5 heteroatoms. The molecule has 0 bridgehead atoms. The molecule has 0 unspecified atom stereocenters. The Hall–Kier alpha value is -1.49. The van der Waals surface area contributed by atoms with E-state index in [1.165, 1.54) is 0 Å². The fourth-order valence-corrected chi connectivity index (χ4v) is 1.66. The maximum absolute atomic E-state index is 5.37. The van der Waals surface area contributed by atoms with Gasteiger partial charge in [-0.2, -0.15) is 0 Å². The molecular formula is C11H11BrN2O2. The third-order valence-corrected chi connectivity index (χ3v) is 2.47. The number of nitrogens with zero attached hydrogens (tertiary/aromatic N) is 1. The van der Waals surface area contributed by atoms with Gasteiger partial charge in [-0.1, -0.05) is 0 Å². The van der Waals surface area contributed by atoms with Crippen molar-refractivity contribution in [2.75, 3.05) is 12.4 Å². The van der Waals surface area contributed by atoms with E-state index in [1.807, 2.05) is 24.3 Å². The van der Waals surface area contributed by atoms with E-state index in [4.69, 9.17) is 9.15 Å². The van der Waals surface area contributed by atoms with Crippen LogP contribution in [0.15, 0.2) is 39.5 Å². The fourth-order valence-electron chi connectivity index (χ4n) is 1.32. The molecule has 0 amide bonds. The number of hydrogen-bond acceptors (Lipinski definition) is 4. The normalized spacial score (nSPS) is 10.1. The molecule has 0 aromatic carbocycles. The van der Waals surface area contributed by atoms with Crippen LogP contribution in [0, 0.1) is 0 Å². The van der Waals surface area contributed by atoms with E-state index in [1.54, 1.807) is 13.3 Å². The highest BCUT2D eigenvalue weighted by Crippen LogP contribution is 2.21. The summed E-state index contributed by atoms with van der Waals surface area (Å²) in [6.45, 7) is 0.591. The number of nitrogens with one attached hydrogen (secondary N) is 1. The Morgan fingerprint density at radius 1 is 1.44 bits per heavy atom. The minimum Gasteiger partial charge on any atom is -0.480 e. The van der Waals surface area contributed by atoms with Crippen molar-refractivity contribution in [1.82, 2.24) is 4.98 Å². The summed E-state index contributed by atoms with van der Waals surface area (Å²) in [5.41, 5.74) is 0.845. The number of halogens is 1. The van der Waals surface area contributed by atoms with Gasteiger partial charge < -0.3 is 14.5 Å². The molecule has 2 aromatic heterocycles. The number of aromatic nitrogens is 1. The molecule has 0 spiro atoms. The lowest BCUT2D eigenvalue weighted by atomic mass is 10.3.